The molecule has 0 aromatic carbocycles. The highest BCUT2D eigenvalue weighted by Gasteiger charge is 2.46. The Morgan fingerprint density at radius 3 is 2.76 bits per heavy atom. The van der Waals surface area contributed by atoms with Gasteiger partial charge < -0.3 is 20.5 Å². The molecule has 5 heteroatoms. The smallest absolute Gasteiger partial charge is 0.404 e. The van der Waals surface area contributed by atoms with E-state index in [1.54, 1.807) is 0 Å². The van der Waals surface area contributed by atoms with E-state index in [1.807, 2.05) is 7.05 Å². The summed E-state index contributed by atoms with van der Waals surface area (Å²) in [7, 11) is 1.84. The molecular weight excluding hydrogens is 220 g/mol. The van der Waals surface area contributed by atoms with Crippen molar-refractivity contribution in [3.8, 4) is 0 Å². The maximum Gasteiger partial charge on any atom is 0.404 e. The molecule has 0 bridgehead atoms. The third kappa shape index (κ3) is 3.57. The molecule has 1 heterocycles. The Balaban J connectivity index is 1.75. The third-order valence-electron chi connectivity index (χ3n) is 3.84. The molecule has 17 heavy (non-hydrogen) atoms. The highest BCUT2D eigenvalue weighted by molar-refractivity contribution is 5.64. The van der Waals surface area contributed by atoms with Crippen LogP contribution in [-0.2, 0) is 4.74 Å². The minimum absolute atomic E-state index is 0.0145. The van der Waals surface area contributed by atoms with E-state index in [2.05, 4.69) is 10.6 Å². The second-order valence-electron chi connectivity index (χ2n) is 5.34. The maximum atomic E-state index is 10.7. The Kier molecular flexibility index (Phi) is 3.89. The zero-order valence-corrected chi connectivity index (χ0v) is 10.4. The number of hydrogen-bond donors (Lipinski definition) is 3. The van der Waals surface area contributed by atoms with E-state index < -0.39 is 6.09 Å². The van der Waals surface area contributed by atoms with Gasteiger partial charge in [-0.1, -0.05) is 0 Å². The van der Waals surface area contributed by atoms with Gasteiger partial charge in [-0.15, -0.1) is 0 Å². The van der Waals surface area contributed by atoms with E-state index >= 15 is 0 Å². The second-order valence-corrected chi connectivity index (χ2v) is 5.34. The van der Waals surface area contributed by atoms with Gasteiger partial charge in [0.2, 0.25) is 0 Å². The van der Waals surface area contributed by atoms with Crippen molar-refractivity contribution in [3.63, 3.8) is 0 Å². The maximum absolute atomic E-state index is 10.7. The number of likely N-dealkylation sites (N-methyl/N-ethyl adjacent to an activating group) is 1. The normalized spacial score (nSPS) is 27.7. The lowest BCUT2D eigenvalue weighted by Crippen LogP contribution is -2.43. The average molecular weight is 242 g/mol. The third-order valence-corrected chi connectivity index (χ3v) is 3.84. The van der Waals surface area contributed by atoms with Crippen molar-refractivity contribution >= 4 is 6.09 Å². The number of nitrogens with one attached hydrogen (secondary N) is 2. The molecule has 1 amide bonds. The Morgan fingerprint density at radius 1 is 1.53 bits per heavy atom. The van der Waals surface area contributed by atoms with Crippen LogP contribution in [0.3, 0.4) is 0 Å². The van der Waals surface area contributed by atoms with E-state index in [4.69, 9.17) is 9.84 Å². The fourth-order valence-electron chi connectivity index (χ4n) is 2.65. The molecule has 3 N–H and O–H groups in total. The highest BCUT2D eigenvalue weighted by atomic mass is 16.5. The largest absolute Gasteiger partial charge is 0.465 e. The van der Waals surface area contributed by atoms with Crippen LogP contribution >= 0.6 is 0 Å². The molecule has 2 fully saturated rings. The van der Waals surface area contributed by atoms with Crippen LogP contribution in [0.1, 0.15) is 32.1 Å². The summed E-state index contributed by atoms with van der Waals surface area (Å²) in [5.74, 6) is 0.492. The molecule has 1 aliphatic carbocycles. The minimum atomic E-state index is -0.944. The summed E-state index contributed by atoms with van der Waals surface area (Å²) in [5, 5.41) is 14.4. The van der Waals surface area contributed by atoms with Crippen LogP contribution in [0, 0.1) is 5.92 Å². The minimum Gasteiger partial charge on any atom is -0.465 e. The highest BCUT2D eigenvalue weighted by Crippen LogP contribution is 2.47. The first-order valence-corrected chi connectivity index (χ1v) is 6.41. The second kappa shape index (κ2) is 5.23. The molecule has 2 rings (SSSR count). The van der Waals surface area contributed by atoms with E-state index in [-0.39, 0.29) is 11.6 Å². The van der Waals surface area contributed by atoms with Crippen LogP contribution < -0.4 is 10.6 Å². The van der Waals surface area contributed by atoms with Crippen molar-refractivity contribution in [1.29, 1.82) is 0 Å². The first-order chi connectivity index (χ1) is 8.13. The van der Waals surface area contributed by atoms with Crippen LogP contribution in [-0.4, -0.2) is 43.0 Å². The summed E-state index contributed by atoms with van der Waals surface area (Å²) >= 11 is 0. The van der Waals surface area contributed by atoms with Gasteiger partial charge in [0.1, 0.15) is 0 Å². The lowest BCUT2D eigenvalue weighted by atomic mass is 9.91. The summed E-state index contributed by atoms with van der Waals surface area (Å²) in [6, 6.07) is -0.0145. The van der Waals surface area contributed by atoms with Gasteiger partial charge in [-0.2, -0.15) is 0 Å². The van der Waals surface area contributed by atoms with Gasteiger partial charge in [-0.25, -0.2) is 4.79 Å². The van der Waals surface area contributed by atoms with Crippen LogP contribution in [0.25, 0.3) is 0 Å². The predicted octanol–water partition coefficient (Wildman–Crippen LogP) is 1.19. The molecule has 1 aliphatic heterocycles. The number of carbonyl (C=O) groups is 1. The molecule has 1 spiro atoms. The standard InChI is InChI=1S/C12H22N2O3/c1-13-7-10(14-11(15)16)6-9-2-3-12(4-5-12)17-8-9/h9-10,13-14H,2-8H2,1H3,(H,15,16)/t9-,10?/m1/s1. The van der Waals surface area contributed by atoms with Gasteiger partial charge in [0, 0.05) is 12.6 Å². The van der Waals surface area contributed by atoms with Crippen LogP contribution in [0.4, 0.5) is 4.79 Å². The van der Waals surface area contributed by atoms with Gasteiger partial charge in [0.25, 0.3) is 0 Å². The van der Waals surface area contributed by atoms with Crippen molar-refractivity contribution < 1.29 is 14.6 Å². The first kappa shape index (κ1) is 12.6. The summed E-state index contributed by atoms with van der Waals surface area (Å²) < 4.78 is 5.88. The molecule has 0 radical (unpaired) electrons. The number of ether oxygens (including phenoxy) is 1. The number of hydrogen-bond acceptors (Lipinski definition) is 3. The van der Waals surface area contributed by atoms with Gasteiger partial charge >= 0.3 is 6.09 Å². The topological polar surface area (TPSA) is 70.6 Å². The summed E-state index contributed by atoms with van der Waals surface area (Å²) in [6.45, 7) is 1.47. The zero-order chi connectivity index (χ0) is 12.3. The first-order valence-electron chi connectivity index (χ1n) is 6.41. The van der Waals surface area contributed by atoms with E-state index in [9.17, 15) is 4.79 Å². The molecule has 1 saturated heterocycles. The van der Waals surface area contributed by atoms with Crippen LogP contribution in [0.5, 0.6) is 0 Å². The molecule has 98 valence electrons. The van der Waals surface area contributed by atoms with E-state index in [0.717, 1.165) is 19.4 Å². The average Bonchev–Trinajstić information content (AvgIpc) is 3.02. The number of carboxylic acid groups (broad SMARTS) is 1. The fraction of sp³-hybridized carbons (Fsp3) is 0.917. The molecule has 1 saturated carbocycles. The summed E-state index contributed by atoms with van der Waals surface area (Å²) in [5.41, 5.74) is 0.231. The monoisotopic (exact) mass is 242 g/mol. The Bertz CT molecular complexity index is 269. The SMILES string of the molecule is CNCC(C[C@H]1CCC2(CC2)OC1)NC(=O)O. The molecular formula is C12H22N2O3. The molecule has 0 aromatic rings. The summed E-state index contributed by atoms with van der Waals surface area (Å²) in [4.78, 5) is 10.7. The van der Waals surface area contributed by atoms with E-state index in [0.29, 0.717) is 12.5 Å². The van der Waals surface area contributed by atoms with Crippen molar-refractivity contribution in [2.75, 3.05) is 20.2 Å². The molecule has 1 unspecified atom stereocenters. The Hall–Kier alpha value is -0.810. The lowest BCUT2D eigenvalue weighted by Gasteiger charge is -2.31. The van der Waals surface area contributed by atoms with Crippen molar-refractivity contribution in [2.45, 2.75) is 43.7 Å². The predicted molar refractivity (Wildman–Crippen MR) is 64.1 cm³/mol. The van der Waals surface area contributed by atoms with Gasteiger partial charge in [-0.05, 0) is 45.1 Å². The van der Waals surface area contributed by atoms with Gasteiger partial charge in [0.05, 0.1) is 12.2 Å². The van der Waals surface area contributed by atoms with Gasteiger partial charge in [-0.3, -0.25) is 0 Å². The lowest BCUT2D eigenvalue weighted by molar-refractivity contribution is -0.0379. The van der Waals surface area contributed by atoms with Gasteiger partial charge in [0.15, 0.2) is 0 Å². The molecule has 5 nitrogen and oxygen atoms in total. The zero-order valence-electron chi connectivity index (χ0n) is 10.4. The molecule has 0 aromatic heterocycles. The Labute approximate surface area is 102 Å². The van der Waals surface area contributed by atoms with Crippen LogP contribution in [0.15, 0.2) is 0 Å². The summed E-state index contributed by atoms with van der Waals surface area (Å²) in [6.07, 6.45) is 4.67. The number of rotatable bonds is 5. The van der Waals surface area contributed by atoms with E-state index in [1.165, 1.54) is 19.3 Å². The quantitative estimate of drug-likeness (QED) is 0.677. The fourth-order valence-corrected chi connectivity index (χ4v) is 2.65. The van der Waals surface area contributed by atoms with Crippen molar-refractivity contribution in [2.24, 2.45) is 5.92 Å². The van der Waals surface area contributed by atoms with Crippen molar-refractivity contribution in [1.82, 2.24) is 10.6 Å². The van der Waals surface area contributed by atoms with Crippen LogP contribution in [0.2, 0.25) is 0 Å². The van der Waals surface area contributed by atoms with Crippen molar-refractivity contribution in [3.05, 3.63) is 0 Å². The number of amides is 1. The molecule has 2 aliphatic rings. The molecule has 2 atom stereocenters. The Morgan fingerprint density at radius 2 is 2.29 bits per heavy atom.